The molecule has 0 bridgehead atoms. The number of likely N-dealkylation sites (tertiary alicyclic amines) is 1. The summed E-state index contributed by atoms with van der Waals surface area (Å²) >= 11 is 11.8. The van der Waals surface area contributed by atoms with E-state index >= 15 is 0 Å². The smallest absolute Gasteiger partial charge is 0.254 e. The van der Waals surface area contributed by atoms with Gasteiger partial charge >= 0.3 is 0 Å². The molecule has 1 amide bonds. The second kappa shape index (κ2) is 5.91. The highest BCUT2D eigenvalue weighted by atomic mass is 35.5. The highest BCUT2D eigenvalue weighted by molar-refractivity contribution is 6.35. The molecule has 18 heavy (non-hydrogen) atoms. The van der Waals surface area contributed by atoms with E-state index in [0.29, 0.717) is 22.2 Å². The number of nitrogens with two attached hydrogens (primary N) is 1. The summed E-state index contributed by atoms with van der Waals surface area (Å²) in [6.45, 7) is 1.25. The van der Waals surface area contributed by atoms with Crippen molar-refractivity contribution in [1.82, 2.24) is 4.90 Å². The SMILES string of the molecule is NC[C@H]1CCCCN1C(=O)c1cc(Cl)cc(Cl)c1. The molecule has 5 heteroatoms. The van der Waals surface area contributed by atoms with Gasteiger partial charge in [0.15, 0.2) is 0 Å². The van der Waals surface area contributed by atoms with Crippen LogP contribution in [0, 0.1) is 0 Å². The molecule has 0 spiro atoms. The number of hydrogen-bond donors (Lipinski definition) is 1. The Hall–Kier alpha value is -0.770. The van der Waals surface area contributed by atoms with E-state index in [1.807, 2.05) is 4.90 Å². The molecule has 0 aromatic heterocycles. The summed E-state index contributed by atoms with van der Waals surface area (Å²) in [5.41, 5.74) is 6.26. The van der Waals surface area contributed by atoms with Crippen LogP contribution >= 0.6 is 23.2 Å². The molecule has 1 heterocycles. The number of amides is 1. The van der Waals surface area contributed by atoms with Crippen LogP contribution in [0.1, 0.15) is 29.6 Å². The maximum absolute atomic E-state index is 12.4. The Balaban J connectivity index is 2.23. The molecule has 0 aliphatic carbocycles. The normalized spacial score (nSPS) is 19.9. The zero-order chi connectivity index (χ0) is 13.1. The summed E-state index contributed by atoms with van der Waals surface area (Å²) in [7, 11) is 0. The maximum Gasteiger partial charge on any atom is 0.254 e. The number of rotatable bonds is 2. The molecule has 1 aliphatic rings. The number of carbonyl (C=O) groups is 1. The largest absolute Gasteiger partial charge is 0.334 e. The maximum atomic E-state index is 12.4. The van der Waals surface area contributed by atoms with Crippen LogP contribution in [-0.2, 0) is 0 Å². The molecule has 1 fully saturated rings. The molecule has 1 aromatic rings. The van der Waals surface area contributed by atoms with Gasteiger partial charge in [-0.05, 0) is 37.5 Å². The third kappa shape index (κ3) is 2.97. The number of hydrogen-bond acceptors (Lipinski definition) is 2. The third-order valence-electron chi connectivity index (χ3n) is 3.27. The molecule has 3 nitrogen and oxygen atoms in total. The van der Waals surface area contributed by atoms with Crippen molar-refractivity contribution in [2.75, 3.05) is 13.1 Å². The second-order valence-electron chi connectivity index (χ2n) is 4.54. The minimum atomic E-state index is -0.0328. The van der Waals surface area contributed by atoms with Gasteiger partial charge in [0.25, 0.3) is 5.91 Å². The van der Waals surface area contributed by atoms with E-state index in [1.165, 1.54) is 0 Å². The molecule has 0 radical (unpaired) electrons. The van der Waals surface area contributed by atoms with Gasteiger partial charge in [0.1, 0.15) is 0 Å². The monoisotopic (exact) mass is 286 g/mol. The van der Waals surface area contributed by atoms with Crippen LogP contribution in [0.5, 0.6) is 0 Å². The van der Waals surface area contributed by atoms with Crippen LogP contribution in [0.4, 0.5) is 0 Å². The standard InChI is InChI=1S/C13H16Cl2N2O/c14-10-5-9(6-11(15)7-10)13(18)17-4-2-1-3-12(17)8-16/h5-7,12H,1-4,8,16H2/t12-/m1/s1. The molecule has 2 N–H and O–H groups in total. The highest BCUT2D eigenvalue weighted by Gasteiger charge is 2.26. The van der Waals surface area contributed by atoms with Crippen molar-refractivity contribution in [1.29, 1.82) is 0 Å². The number of benzene rings is 1. The van der Waals surface area contributed by atoms with Crippen molar-refractivity contribution in [3.05, 3.63) is 33.8 Å². The lowest BCUT2D eigenvalue weighted by Crippen LogP contribution is -2.47. The Bertz CT molecular complexity index is 430. The average Bonchev–Trinajstić information content (AvgIpc) is 2.36. The molecule has 1 aliphatic heterocycles. The Labute approximate surface area is 117 Å². The Morgan fingerprint density at radius 3 is 2.56 bits per heavy atom. The lowest BCUT2D eigenvalue weighted by atomic mass is 10.0. The first kappa shape index (κ1) is 13.7. The fourth-order valence-corrected chi connectivity index (χ4v) is 2.88. The second-order valence-corrected chi connectivity index (χ2v) is 5.41. The molecule has 2 rings (SSSR count). The van der Waals surface area contributed by atoms with Crippen molar-refractivity contribution in [3.63, 3.8) is 0 Å². The van der Waals surface area contributed by atoms with E-state index in [9.17, 15) is 4.79 Å². The Morgan fingerprint density at radius 1 is 1.28 bits per heavy atom. The number of carbonyl (C=O) groups excluding carboxylic acids is 1. The predicted molar refractivity (Wildman–Crippen MR) is 74.2 cm³/mol. The van der Waals surface area contributed by atoms with E-state index in [4.69, 9.17) is 28.9 Å². The van der Waals surface area contributed by atoms with Crippen molar-refractivity contribution in [2.24, 2.45) is 5.73 Å². The van der Waals surface area contributed by atoms with Gasteiger partial charge in [0.05, 0.1) is 0 Å². The van der Waals surface area contributed by atoms with E-state index in [0.717, 1.165) is 25.8 Å². The highest BCUT2D eigenvalue weighted by Crippen LogP contribution is 2.23. The summed E-state index contributed by atoms with van der Waals surface area (Å²) in [6.07, 6.45) is 3.12. The first-order chi connectivity index (χ1) is 8.61. The van der Waals surface area contributed by atoms with Crippen LogP contribution in [0.2, 0.25) is 10.0 Å². The molecular weight excluding hydrogens is 271 g/mol. The Kier molecular flexibility index (Phi) is 4.49. The first-order valence-electron chi connectivity index (χ1n) is 6.09. The first-order valence-corrected chi connectivity index (χ1v) is 6.84. The van der Waals surface area contributed by atoms with Crippen molar-refractivity contribution < 1.29 is 4.79 Å². The van der Waals surface area contributed by atoms with Crippen molar-refractivity contribution in [3.8, 4) is 0 Å². The van der Waals surface area contributed by atoms with Crippen LogP contribution in [-0.4, -0.2) is 29.9 Å². The van der Waals surface area contributed by atoms with Crippen molar-refractivity contribution >= 4 is 29.1 Å². The fourth-order valence-electron chi connectivity index (χ4n) is 2.36. The van der Waals surface area contributed by atoms with E-state index in [1.54, 1.807) is 18.2 Å². The molecular formula is C13H16Cl2N2O. The lowest BCUT2D eigenvalue weighted by Gasteiger charge is -2.35. The summed E-state index contributed by atoms with van der Waals surface area (Å²) < 4.78 is 0. The fraction of sp³-hybridized carbons (Fsp3) is 0.462. The molecule has 0 unspecified atom stereocenters. The third-order valence-corrected chi connectivity index (χ3v) is 3.71. The number of piperidine rings is 1. The molecule has 1 atom stereocenters. The summed E-state index contributed by atoms with van der Waals surface area (Å²) in [5, 5.41) is 0.958. The molecule has 1 saturated heterocycles. The van der Waals surface area contributed by atoms with Gasteiger partial charge < -0.3 is 10.6 Å². The zero-order valence-electron chi connectivity index (χ0n) is 10.0. The van der Waals surface area contributed by atoms with Crippen LogP contribution in [0.15, 0.2) is 18.2 Å². The van der Waals surface area contributed by atoms with Gasteiger partial charge in [-0.3, -0.25) is 4.79 Å². The van der Waals surface area contributed by atoms with Gasteiger partial charge in [-0.1, -0.05) is 23.2 Å². The number of halogens is 2. The Morgan fingerprint density at radius 2 is 1.94 bits per heavy atom. The van der Waals surface area contributed by atoms with Crippen LogP contribution in [0.25, 0.3) is 0 Å². The predicted octanol–water partition coefficient (Wildman–Crippen LogP) is 2.95. The minimum absolute atomic E-state index is 0.0328. The van der Waals surface area contributed by atoms with E-state index in [2.05, 4.69) is 0 Å². The zero-order valence-corrected chi connectivity index (χ0v) is 11.5. The quantitative estimate of drug-likeness (QED) is 0.909. The van der Waals surface area contributed by atoms with Gasteiger partial charge in [0, 0.05) is 34.7 Å². The van der Waals surface area contributed by atoms with Crippen LogP contribution in [0.3, 0.4) is 0 Å². The minimum Gasteiger partial charge on any atom is -0.334 e. The van der Waals surface area contributed by atoms with E-state index in [-0.39, 0.29) is 11.9 Å². The molecule has 1 aromatic carbocycles. The van der Waals surface area contributed by atoms with Gasteiger partial charge in [-0.15, -0.1) is 0 Å². The van der Waals surface area contributed by atoms with E-state index < -0.39 is 0 Å². The topological polar surface area (TPSA) is 46.3 Å². The molecule has 98 valence electrons. The van der Waals surface area contributed by atoms with Crippen molar-refractivity contribution in [2.45, 2.75) is 25.3 Å². The lowest BCUT2D eigenvalue weighted by molar-refractivity contribution is 0.0623. The summed E-state index contributed by atoms with van der Waals surface area (Å²) in [5.74, 6) is -0.0328. The average molecular weight is 287 g/mol. The summed E-state index contributed by atoms with van der Waals surface area (Å²) in [6, 6.07) is 5.05. The van der Waals surface area contributed by atoms with Gasteiger partial charge in [-0.25, -0.2) is 0 Å². The van der Waals surface area contributed by atoms with Gasteiger partial charge in [0.2, 0.25) is 0 Å². The molecule has 0 saturated carbocycles. The summed E-state index contributed by atoms with van der Waals surface area (Å²) in [4.78, 5) is 14.3. The van der Waals surface area contributed by atoms with Gasteiger partial charge in [-0.2, -0.15) is 0 Å². The van der Waals surface area contributed by atoms with Crippen LogP contribution < -0.4 is 5.73 Å². The number of nitrogens with zero attached hydrogens (tertiary/aromatic N) is 1.